The number of para-hydroxylation sites is 3. The van der Waals surface area contributed by atoms with Gasteiger partial charge in [0.15, 0.2) is 0 Å². The molecule has 1 aliphatic rings. The average molecular weight is 384 g/mol. The number of anilines is 1. The predicted molar refractivity (Wildman–Crippen MR) is 111 cm³/mol. The maximum atomic E-state index is 11.4. The Kier molecular flexibility index (Phi) is 7.22. The third kappa shape index (κ3) is 5.21. The van der Waals surface area contributed by atoms with Crippen molar-refractivity contribution in [3.05, 3.63) is 64.2 Å². The lowest BCUT2D eigenvalue weighted by Gasteiger charge is -2.36. The second-order valence-electron chi connectivity index (χ2n) is 6.92. The lowest BCUT2D eigenvalue weighted by Crippen LogP contribution is -2.51. The van der Waals surface area contributed by atoms with Crippen molar-refractivity contribution in [3.63, 3.8) is 0 Å². The van der Waals surface area contributed by atoms with Gasteiger partial charge in [0.05, 0.1) is 18.2 Å². The molecule has 28 heavy (non-hydrogen) atoms. The van der Waals surface area contributed by atoms with Gasteiger partial charge < -0.3 is 15.4 Å². The van der Waals surface area contributed by atoms with Crippen LogP contribution in [0.1, 0.15) is 18.4 Å². The highest BCUT2D eigenvalue weighted by Crippen LogP contribution is 2.26. The molecule has 0 spiro atoms. The van der Waals surface area contributed by atoms with Crippen molar-refractivity contribution in [3.8, 4) is 5.75 Å². The lowest BCUT2D eigenvalue weighted by molar-refractivity contribution is -0.384. The molecule has 7 heteroatoms. The number of hydrogen-bond donors (Lipinski definition) is 2. The Morgan fingerprint density at radius 3 is 2.64 bits per heavy atom. The molecular weight excluding hydrogens is 356 g/mol. The number of rotatable bonds is 9. The molecule has 1 aliphatic heterocycles. The van der Waals surface area contributed by atoms with E-state index >= 15 is 0 Å². The van der Waals surface area contributed by atoms with Gasteiger partial charge in [0.1, 0.15) is 11.4 Å². The van der Waals surface area contributed by atoms with Crippen molar-refractivity contribution in [2.75, 3.05) is 38.6 Å². The number of benzene rings is 2. The van der Waals surface area contributed by atoms with E-state index in [0.29, 0.717) is 5.69 Å². The molecule has 0 aliphatic carbocycles. The zero-order chi connectivity index (χ0) is 19.8. The van der Waals surface area contributed by atoms with Crippen LogP contribution in [0, 0.1) is 10.1 Å². The molecule has 7 nitrogen and oxygen atoms in total. The Morgan fingerprint density at radius 1 is 1.18 bits per heavy atom. The van der Waals surface area contributed by atoms with E-state index in [9.17, 15) is 10.1 Å². The molecule has 0 radical (unpaired) electrons. The van der Waals surface area contributed by atoms with Gasteiger partial charge in [0.25, 0.3) is 5.69 Å². The molecule has 0 amide bonds. The van der Waals surface area contributed by atoms with Gasteiger partial charge in [-0.25, -0.2) is 0 Å². The zero-order valence-electron chi connectivity index (χ0n) is 16.3. The molecule has 1 heterocycles. The third-order valence-corrected chi connectivity index (χ3v) is 5.13. The van der Waals surface area contributed by atoms with Gasteiger partial charge in [-0.1, -0.05) is 30.3 Å². The first-order chi connectivity index (χ1) is 13.7. The standard InChI is InChI=1S/C21H28N4O3/c1-28-20-11-5-2-7-17(20)8-6-12-21(24-15-13-22-14-16-24)23-18-9-3-4-10-19(18)25(26)27/h2-5,7,9-11,21-23H,6,8,12-16H2,1H3. The smallest absolute Gasteiger partial charge is 0.292 e. The third-order valence-electron chi connectivity index (χ3n) is 5.13. The van der Waals surface area contributed by atoms with Gasteiger partial charge in [-0.05, 0) is 37.0 Å². The number of ether oxygens (including phenoxy) is 1. The molecule has 150 valence electrons. The van der Waals surface area contributed by atoms with Crippen LogP contribution >= 0.6 is 0 Å². The first kappa shape index (κ1) is 20.1. The SMILES string of the molecule is COc1ccccc1CCCC(Nc1ccccc1[N+](=O)[O-])N1CCNCC1. The number of piperazine rings is 1. The van der Waals surface area contributed by atoms with E-state index in [0.717, 1.165) is 51.2 Å². The van der Waals surface area contributed by atoms with E-state index in [-0.39, 0.29) is 16.8 Å². The first-order valence-corrected chi connectivity index (χ1v) is 9.75. The van der Waals surface area contributed by atoms with E-state index in [1.165, 1.54) is 5.56 Å². The lowest BCUT2D eigenvalue weighted by atomic mass is 10.1. The minimum atomic E-state index is -0.327. The fraction of sp³-hybridized carbons (Fsp3) is 0.429. The molecule has 2 aromatic carbocycles. The van der Waals surface area contributed by atoms with Gasteiger partial charge in [-0.2, -0.15) is 0 Å². The average Bonchev–Trinajstić information content (AvgIpc) is 2.74. The molecule has 2 N–H and O–H groups in total. The van der Waals surface area contributed by atoms with Crippen LogP contribution in [-0.4, -0.2) is 49.3 Å². The Bertz CT molecular complexity index is 778. The van der Waals surface area contributed by atoms with Crippen LogP contribution in [0.2, 0.25) is 0 Å². The number of hydrogen-bond acceptors (Lipinski definition) is 6. The van der Waals surface area contributed by atoms with Crippen LogP contribution in [0.25, 0.3) is 0 Å². The van der Waals surface area contributed by atoms with E-state index in [2.05, 4.69) is 21.6 Å². The first-order valence-electron chi connectivity index (χ1n) is 9.75. The summed E-state index contributed by atoms with van der Waals surface area (Å²) in [4.78, 5) is 13.4. The van der Waals surface area contributed by atoms with Crippen LogP contribution < -0.4 is 15.4 Å². The normalized spacial score (nSPS) is 15.8. The largest absolute Gasteiger partial charge is 0.496 e. The van der Waals surface area contributed by atoms with Crippen LogP contribution in [0.4, 0.5) is 11.4 Å². The minimum Gasteiger partial charge on any atom is -0.496 e. The molecule has 3 rings (SSSR count). The summed E-state index contributed by atoms with van der Waals surface area (Å²) in [6.45, 7) is 3.71. The van der Waals surface area contributed by atoms with Crippen LogP contribution in [0.3, 0.4) is 0 Å². The number of nitro benzene ring substituents is 1. The molecule has 0 saturated carbocycles. The Hall–Kier alpha value is -2.64. The van der Waals surface area contributed by atoms with E-state index < -0.39 is 0 Å². The van der Waals surface area contributed by atoms with Gasteiger partial charge in [0.2, 0.25) is 0 Å². The van der Waals surface area contributed by atoms with Crippen molar-refractivity contribution < 1.29 is 9.66 Å². The summed E-state index contributed by atoms with van der Waals surface area (Å²) in [5.41, 5.74) is 1.88. The topological polar surface area (TPSA) is 79.7 Å². The summed E-state index contributed by atoms with van der Waals surface area (Å²) in [6, 6.07) is 14.9. The molecule has 0 aromatic heterocycles. The predicted octanol–water partition coefficient (Wildman–Crippen LogP) is 3.27. The van der Waals surface area contributed by atoms with Crippen molar-refractivity contribution in [1.82, 2.24) is 10.2 Å². The number of nitrogens with one attached hydrogen (secondary N) is 2. The van der Waals surface area contributed by atoms with Crippen molar-refractivity contribution in [2.45, 2.75) is 25.4 Å². The highest BCUT2D eigenvalue weighted by molar-refractivity contribution is 5.61. The Morgan fingerprint density at radius 2 is 1.89 bits per heavy atom. The van der Waals surface area contributed by atoms with Gasteiger partial charge in [-0.15, -0.1) is 0 Å². The summed E-state index contributed by atoms with van der Waals surface area (Å²) in [5, 5.41) is 18.2. The molecule has 2 aromatic rings. The number of nitro groups is 1. The van der Waals surface area contributed by atoms with E-state index in [4.69, 9.17) is 4.74 Å². The fourth-order valence-electron chi connectivity index (χ4n) is 3.67. The Balaban J connectivity index is 1.70. The van der Waals surface area contributed by atoms with Crippen LogP contribution in [0.5, 0.6) is 5.75 Å². The van der Waals surface area contributed by atoms with Crippen molar-refractivity contribution in [1.29, 1.82) is 0 Å². The summed E-state index contributed by atoms with van der Waals surface area (Å²) in [6.07, 6.45) is 2.82. The number of aryl methyl sites for hydroxylation is 1. The second-order valence-corrected chi connectivity index (χ2v) is 6.92. The summed E-state index contributed by atoms with van der Waals surface area (Å²) in [7, 11) is 1.69. The van der Waals surface area contributed by atoms with E-state index in [1.54, 1.807) is 25.3 Å². The van der Waals surface area contributed by atoms with Crippen molar-refractivity contribution >= 4 is 11.4 Å². The maximum Gasteiger partial charge on any atom is 0.292 e. The summed E-state index contributed by atoms with van der Waals surface area (Å²) >= 11 is 0. The highest BCUT2D eigenvalue weighted by Gasteiger charge is 2.23. The molecular formula is C21H28N4O3. The summed E-state index contributed by atoms with van der Waals surface area (Å²) < 4.78 is 5.45. The number of methoxy groups -OCH3 is 1. The Labute approximate surface area is 165 Å². The molecule has 0 bridgehead atoms. The van der Waals surface area contributed by atoms with E-state index in [1.807, 2.05) is 24.3 Å². The van der Waals surface area contributed by atoms with Gasteiger partial charge in [0, 0.05) is 32.2 Å². The van der Waals surface area contributed by atoms with Gasteiger partial charge in [-0.3, -0.25) is 15.0 Å². The molecule has 1 unspecified atom stereocenters. The number of nitrogens with zero attached hydrogens (tertiary/aromatic N) is 2. The molecule has 1 saturated heterocycles. The fourth-order valence-corrected chi connectivity index (χ4v) is 3.67. The van der Waals surface area contributed by atoms with Crippen LogP contribution in [0.15, 0.2) is 48.5 Å². The molecule has 1 fully saturated rings. The van der Waals surface area contributed by atoms with Crippen molar-refractivity contribution in [2.24, 2.45) is 0 Å². The summed E-state index contributed by atoms with van der Waals surface area (Å²) in [5.74, 6) is 0.910. The van der Waals surface area contributed by atoms with Crippen LogP contribution in [-0.2, 0) is 6.42 Å². The maximum absolute atomic E-state index is 11.4. The molecule has 1 atom stereocenters. The minimum absolute atomic E-state index is 0.0536. The highest BCUT2D eigenvalue weighted by atomic mass is 16.6. The monoisotopic (exact) mass is 384 g/mol. The zero-order valence-corrected chi connectivity index (χ0v) is 16.3. The second kappa shape index (κ2) is 10.1. The quantitative estimate of drug-likeness (QED) is 0.510. The van der Waals surface area contributed by atoms with Gasteiger partial charge >= 0.3 is 0 Å².